The van der Waals surface area contributed by atoms with Gasteiger partial charge in [-0.15, -0.1) is 11.3 Å². The Morgan fingerprint density at radius 2 is 1.66 bits per heavy atom. The van der Waals surface area contributed by atoms with Crippen molar-refractivity contribution in [1.82, 2.24) is 30.5 Å². The molecule has 0 saturated carbocycles. The van der Waals surface area contributed by atoms with E-state index in [2.05, 4.69) is 25.6 Å². The monoisotopic (exact) mass is 1040 g/mol. The van der Waals surface area contributed by atoms with Crippen molar-refractivity contribution < 1.29 is 46.9 Å². The molecule has 3 N–H and O–H groups in total. The van der Waals surface area contributed by atoms with E-state index >= 15 is 0 Å². The van der Waals surface area contributed by atoms with E-state index in [0.29, 0.717) is 42.3 Å². The van der Waals surface area contributed by atoms with E-state index in [1.165, 1.54) is 22.1 Å². The van der Waals surface area contributed by atoms with Crippen LogP contribution < -0.4 is 25.2 Å². The lowest BCUT2D eigenvalue weighted by Crippen LogP contribution is -2.58. The molecule has 21 heteroatoms. The largest absolute Gasteiger partial charge is 0.478 e. The topological polar surface area (TPSA) is 203 Å². The Morgan fingerprint density at radius 3 is 2.27 bits per heavy atom. The van der Waals surface area contributed by atoms with Crippen molar-refractivity contribution in [2.45, 2.75) is 104 Å². The quantitative estimate of drug-likeness (QED) is 0.0599. The number of rotatable bonds is 17. The zero-order chi connectivity index (χ0) is 53.0. The lowest BCUT2D eigenvalue weighted by molar-refractivity contribution is -0.144. The number of benzene rings is 2. The number of hydrogen-bond donors (Lipinski definition) is 3. The summed E-state index contributed by atoms with van der Waals surface area (Å²) in [6, 6.07) is 17.0. The van der Waals surface area contributed by atoms with E-state index in [1.54, 1.807) is 67.2 Å². The highest BCUT2D eigenvalue weighted by atomic mass is 32.1. The molecule has 0 bridgehead atoms. The summed E-state index contributed by atoms with van der Waals surface area (Å²) in [5, 5.41) is 25.6. The number of alkyl halides is 3. The average molecular weight is 1040 g/mol. The molecule has 5 heterocycles. The smallest absolute Gasteiger partial charge is 0.417 e. The predicted molar refractivity (Wildman–Crippen MR) is 272 cm³/mol. The van der Waals surface area contributed by atoms with Crippen LogP contribution in [0.15, 0.2) is 84.6 Å². The summed E-state index contributed by atoms with van der Waals surface area (Å²) in [5.74, 6) is -1.56. The van der Waals surface area contributed by atoms with Crippen molar-refractivity contribution in [3.8, 4) is 33.6 Å². The normalized spacial score (nSPS) is 17.6. The number of nitriles is 1. The van der Waals surface area contributed by atoms with Gasteiger partial charge in [0.1, 0.15) is 24.2 Å². The molecule has 3 aromatic heterocycles. The molecule has 4 amide bonds. The minimum absolute atomic E-state index is 0.0484. The molecule has 5 aromatic rings. The van der Waals surface area contributed by atoms with Gasteiger partial charge in [-0.1, -0.05) is 45.0 Å². The lowest BCUT2D eigenvalue weighted by atomic mass is 9.85. The molecule has 2 fully saturated rings. The van der Waals surface area contributed by atoms with Crippen LogP contribution in [0.1, 0.15) is 89.2 Å². The number of aryl methyl sites for hydroxylation is 1. The maximum atomic E-state index is 14.1. The number of anilines is 2. The Bertz CT molecular complexity index is 2890. The van der Waals surface area contributed by atoms with Crippen LogP contribution >= 0.6 is 23.6 Å². The van der Waals surface area contributed by atoms with Gasteiger partial charge in [0, 0.05) is 37.4 Å². The fourth-order valence-corrected chi connectivity index (χ4v) is 9.97. The summed E-state index contributed by atoms with van der Waals surface area (Å²) >= 11 is 7.19. The number of ether oxygens (including phenoxy) is 2. The van der Waals surface area contributed by atoms with E-state index in [-0.39, 0.29) is 43.0 Å². The van der Waals surface area contributed by atoms with E-state index < -0.39 is 70.1 Å². The summed E-state index contributed by atoms with van der Waals surface area (Å²) < 4.78 is 52.7. The maximum absolute atomic E-state index is 14.1. The number of carbonyl (C=O) groups is 4. The molecular formula is C52H56F3N9O7S2. The molecule has 2 saturated heterocycles. The number of pyridine rings is 2. The second-order valence-corrected chi connectivity index (χ2v) is 20.7. The minimum Gasteiger partial charge on any atom is -0.478 e. The first kappa shape index (κ1) is 53.9. The number of nitrogens with zero attached hydrogens (tertiary/aromatic N) is 7. The van der Waals surface area contributed by atoms with Crippen molar-refractivity contribution in [2.75, 3.05) is 36.2 Å². The van der Waals surface area contributed by atoms with Gasteiger partial charge in [0.15, 0.2) is 5.11 Å². The molecule has 2 aliphatic heterocycles. The second-order valence-electron chi connectivity index (χ2n) is 19.4. The summed E-state index contributed by atoms with van der Waals surface area (Å²) in [6.45, 7) is 12.7. The minimum atomic E-state index is -4.82. The van der Waals surface area contributed by atoms with Crippen LogP contribution in [0.3, 0.4) is 0 Å². The van der Waals surface area contributed by atoms with Gasteiger partial charge >= 0.3 is 6.18 Å². The number of hydrogen-bond acceptors (Lipinski definition) is 13. The Labute approximate surface area is 430 Å². The summed E-state index contributed by atoms with van der Waals surface area (Å²) in [7, 11) is 0. The van der Waals surface area contributed by atoms with Gasteiger partial charge in [0.05, 0.1) is 75.3 Å². The average Bonchev–Trinajstić information content (AvgIpc) is 4.01. The Morgan fingerprint density at radius 1 is 0.959 bits per heavy atom. The Kier molecular flexibility index (Phi) is 16.3. The van der Waals surface area contributed by atoms with Crippen LogP contribution in [-0.2, 0) is 30.1 Å². The molecule has 16 nitrogen and oxygen atoms in total. The van der Waals surface area contributed by atoms with Crippen LogP contribution in [0.25, 0.3) is 21.7 Å². The number of carbonyl (C=O) groups excluding carboxylic acids is 4. The highest BCUT2D eigenvalue weighted by molar-refractivity contribution is 7.81. The number of nitrogens with one attached hydrogen (secondary N) is 2. The standard InChI is InChI=1S/C52H56F3N9O7S2/c1-30(32-10-12-33(13-11-32)44-31(2)59-29-73-44)60-46(67)41-23-38(65)27-62(41)47(68)45(50(3,4)5)61-42(66)28-70-20-8-9-21-71-43-19-15-35(25-58-43)40-18-17-37(26-57-40)64-49(72)63(48(69)51(64,6)7)36-16-14-34(24-56)39(22-36)52(53,54)55/h10-19,22,25-26,29-30,38,41,45,65H,8-9,20-21,23,27-28H2,1-7H3,(H,60,67)(H,61,66)/t30-,38+,41-,45?/m0/s1. The third-order valence-electron chi connectivity index (χ3n) is 12.6. The number of β-amino-alcohol motifs (C(OH)–C–C–N with tert-alkyl or cyclic N) is 1. The first-order chi connectivity index (χ1) is 34.5. The van der Waals surface area contributed by atoms with Crippen LogP contribution in [0.5, 0.6) is 5.88 Å². The highest BCUT2D eigenvalue weighted by Gasteiger charge is 2.51. The third-order valence-corrected chi connectivity index (χ3v) is 14.0. The van der Waals surface area contributed by atoms with Gasteiger partial charge in [-0.3, -0.25) is 29.1 Å². The number of unbranched alkanes of at least 4 members (excludes halogenated alkanes) is 1. The van der Waals surface area contributed by atoms with E-state index in [0.717, 1.165) is 38.7 Å². The van der Waals surface area contributed by atoms with Crippen molar-refractivity contribution in [1.29, 1.82) is 5.26 Å². The number of halogens is 3. The fraction of sp³-hybridized carbons (Fsp3) is 0.404. The number of aliphatic hydroxyl groups excluding tert-OH is 1. The molecule has 73 heavy (non-hydrogen) atoms. The van der Waals surface area contributed by atoms with E-state index in [9.17, 15) is 42.7 Å². The number of thiazole rings is 1. The van der Waals surface area contributed by atoms with E-state index in [1.807, 2.05) is 58.9 Å². The first-order valence-electron chi connectivity index (χ1n) is 23.5. The van der Waals surface area contributed by atoms with Gasteiger partial charge < -0.3 is 35.0 Å². The molecule has 0 radical (unpaired) electrons. The Hall–Kier alpha value is -6.86. The van der Waals surface area contributed by atoms with Crippen molar-refractivity contribution in [3.63, 3.8) is 0 Å². The molecule has 4 atom stereocenters. The molecule has 2 aliphatic rings. The SMILES string of the molecule is Cc1ncsc1-c1ccc([C@H](C)NC(=O)[C@@H]2C[C@@H](O)CN2C(=O)C(NC(=O)COCCCCOc2ccc(-c3ccc(N4C(=S)N(c5ccc(C#N)c(C(F)(F)F)c5)C(=O)C4(C)C)cn3)cn2)C(C)(C)C)cc1. The number of amides is 4. The van der Waals surface area contributed by atoms with Crippen LogP contribution in [0, 0.1) is 23.7 Å². The van der Waals surface area contributed by atoms with Gasteiger partial charge in [-0.2, -0.15) is 18.4 Å². The van der Waals surface area contributed by atoms with E-state index in [4.69, 9.17) is 21.7 Å². The third kappa shape index (κ3) is 12.2. The lowest BCUT2D eigenvalue weighted by Gasteiger charge is -2.35. The number of aliphatic hydroxyl groups is 1. The molecule has 7 rings (SSSR count). The summed E-state index contributed by atoms with van der Waals surface area (Å²) in [6.07, 6.45) is -1.43. The zero-order valence-corrected chi connectivity index (χ0v) is 43.0. The van der Waals surface area contributed by atoms with Gasteiger partial charge in [0.2, 0.25) is 23.6 Å². The van der Waals surface area contributed by atoms with Crippen molar-refractivity contribution in [2.24, 2.45) is 5.41 Å². The van der Waals surface area contributed by atoms with Gasteiger partial charge in [0.25, 0.3) is 5.91 Å². The number of thiocarbonyl (C=S) groups is 1. The first-order valence-corrected chi connectivity index (χ1v) is 24.8. The molecule has 0 aliphatic carbocycles. The van der Waals surface area contributed by atoms with Crippen molar-refractivity contribution >= 4 is 63.7 Å². The van der Waals surface area contributed by atoms with Gasteiger partial charge in [-0.05, 0) is 106 Å². The van der Waals surface area contributed by atoms with Crippen LogP contribution in [-0.4, -0.2) is 104 Å². The Balaban J connectivity index is 0.847. The molecular weight excluding hydrogens is 984 g/mol. The van der Waals surface area contributed by atoms with Gasteiger partial charge in [-0.25, -0.2) is 9.97 Å². The van der Waals surface area contributed by atoms with Crippen LogP contribution in [0.2, 0.25) is 0 Å². The fourth-order valence-electron chi connectivity index (χ4n) is 8.63. The number of likely N-dealkylation sites (tertiary alicyclic amines) is 1. The highest BCUT2D eigenvalue weighted by Crippen LogP contribution is 2.40. The summed E-state index contributed by atoms with van der Waals surface area (Å²) in [5.41, 5.74) is 2.42. The second kappa shape index (κ2) is 22.1. The predicted octanol–water partition coefficient (Wildman–Crippen LogP) is 7.93. The summed E-state index contributed by atoms with van der Waals surface area (Å²) in [4.78, 5) is 72.7. The zero-order valence-electron chi connectivity index (χ0n) is 41.3. The number of aromatic nitrogens is 3. The maximum Gasteiger partial charge on any atom is 0.417 e. The molecule has 384 valence electrons. The van der Waals surface area contributed by atoms with Crippen molar-refractivity contribution in [3.05, 3.63) is 107 Å². The molecule has 2 aromatic carbocycles. The molecule has 1 unspecified atom stereocenters. The van der Waals surface area contributed by atoms with Crippen LogP contribution in [0.4, 0.5) is 24.5 Å². The molecule has 0 spiro atoms.